The fraction of sp³-hybridized carbons (Fsp3) is 0.238. The van der Waals surface area contributed by atoms with E-state index in [0.717, 1.165) is 18.8 Å². The monoisotopic (exact) mass is 346 g/mol. The Labute approximate surface area is 153 Å². The van der Waals surface area contributed by atoms with Crippen LogP contribution in [0.15, 0.2) is 73.3 Å². The summed E-state index contributed by atoms with van der Waals surface area (Å²) in [6.45, 7) is 2.35. The number of carbonyl (C=O) groups is 1. The molecule has 2 aromatic carbocycles. The molecule has 4 rings (SSSR count). The molecule has 1 N–H and O–H groups in total. The Kier molecular flexibility index (Phi) is 4.80. The van der Waals surface area contributed by atoms with Crippen LogP contribution in [0.5, 0.6) is 0 Å². The van der Waals surface area contributed by atoms with E-state index in [1.807, 2.05) is 29.0 Å². The van der Waals surface area contributed by atoms with E-state index in [4.69, 9.17) is 0 Å². The van der Waals surface area contributed by atoms with Crippen LogP contribution in [0.25, 0.3) is 5.69 Å². The summed E-state index contributed by atoms with van der Waals surface area (Å²) in [7, 11) is 0. The third-order valence-electron chi connectivity index (χ3n) is 4.85. The van der Waals surface area contributed by atoms with E-state index in [-0.39, 0.29) is 11.9 Å². The van der Waals surface area contributed by atoms with Gasteiger partial charge in [0.15, 0.2) is 0 Å². The molecule has 0 radical (unpaired) electrons. The minimum atomic E-state index is 0.104. The summed E-state index contributed by atoms with van der Waals surface area (Å²) in [6, 6.07) is 18.9. The van der Waals surface area contributed by atoms with Crippen LogP contribution in [0.1, 0.15) is 23.6 Å². The number of carbonyl (C=O) groups excluding carboxylic acids is 1. The van der Waals surface area contributed by atoms with Crippen molar-refractivity contribution >= 4 is 5.91 Å². The van der Waals surface area contributed by atoms with Crippen molar-refractivity contribution in [3.63, 3.8) is 0 Å². The molecule has 1 atom stereocenters. The predicted molar refractivity (Wildman–Crippen MR) is 101 cm³/mol. The van der Waals surface area contributed by atoms with E-state index < -0.39 is 0 Å². The van der Waals surface area contributed by atoms with Crippen molar-refractivity contribution in [2.45, 2.75) is 19.0 Å². The van der Waals surface area contributed by atoms with E-state index in [2.05, 4.69) is 51.6 Å². The molecule has 1 saturated heterocycles. The summed E-state index contributed by atoms with van der Waals surface area (Å²) < 4.78 is 1.99. The van der Waals surface area contributed by atoms with Gasteiger partial charge in [0.05, 0.1) is 6.33 Å². The summed E-state index contributed by atoms with van der Waals surface area (Å²) in [6.07, 6.45) is 6.01. The number of hydrogen-bond donors (Lipinski definition) is 1. The maximum absolute atomic E-state index is 12.1. The Hall–Kier alpha value is -2.92. The second-order valence-electron chi connectivity index (χ2n) is 6.59. The standard InChI is InChI=1S/C21H22N4O/c26-21-14-20(18-4-2-1-3-5-18)24(13-11-23-21)15-17-6-8-19(9-7-17)25-12-10-22-16-25/h1-10,12,16,20H,11,13-15H2,(H,23,26)/t20-/m0/s1. The van der Waals surface area contributed by atoms with Gasteiger partial charge in [-0.3, -0.25) is 9.69 Å². The number of amides is 1. The molecule has 0 unspecified atom stereocenters. The van der Waals surface area contributed by atoms with Gasteiger partial charge in [0.1, 0.15) is 0 Å². The van der Waals surface area contributed by atoms with Crippen LogP contribution in [0.2, 0.25) is 0 Å². The molecule has 5 heteroatoms. The molecule has 1 amide bonds. The highest BCUT2D eigenvalue weighted by molar-refractivity contribution is 5.77. The molecule has 0 spiro atoms. The van der Waals surface area contributed by atoms with Gasteiger partial charge in [0.25, 0.3) is 0 Å². The lowest BCUT2D eigenvalue weighted by molar-refractivity contribution is -0.121. The van der Waals surface area contributed by atoms with Gasteiger partial charge in [-0.05, 0) is 23.3 Å². The van der Waals surface area contributed by atoms with Crippen LogP contribution in [-0.4, -0.2) is 33.4 Å². The summed E-state index contributed by atoms with van der Waals surface area (Å²) >= 11 is 0. The van der Waals surface area contributed by atoms with Crippen molar-refractivity contribution in [3.05, 3.63) is 84.4 Å². The third-order valence-corrected chi connectivity index (χ3v) is 4.85. The fourth-order valence-corrected chi connectivity index (χ4v) is 3.48. The lowest BCUT2D eigenvalue weighted by Gasteiger charge is -2.29. The van der Waals surface area contributed by atoms with Gasteiger partial charge in [-0.2, -0.15) is 0 Å². The number of benzene rings is 2. The molecule has 0 saturated carbocycles. The molecule has 1 aliphatic heterocycles. The molecule has 0 aliphatic carbocycles. The SMILES string of the molecule is O=C1C[C@@H](c2ccccc2)N(Cc2ccc(-n3ccnc3)cc2)CCN1. The molecule has 5 nitrogen and oxygen atoms in total. The summed E-state index contributed by atoms with van der Waals surface area (Å²) in [4.78, 5) is 18.6. The van der Waals surface area contributed by atoms with Crippen LogP contribution in [0.3, 0.4) is 0 Å². The van der Waals surface area contributed by atoms with Crippen molar-refractivity contribution < 1.29 is 4.79 Å². The number of imidazole rings is 1. The Morgan fingerprint density at radius 3 is 2.62 bits per heavy atom. The van der Waals surface area contributed by atoms with E-state index in [1.165, 1.54) is 11.1 Å². The van der Waals surface area contributed by atoms with Crippen molar-refractivity contribution in [3.8, 4) is 5.69 Å². The summed E-state index contributed by atoms with van der Waals surface area (Å²) in [5, 5.41) is 3.00. The summed E-state index contributed by atoms with van der Waals surface area (Å²) in [5.41, 5.74) is 3.53. The van der Waals surface area contributed by atoms with Gasteiger partial charge in [-0.1, -0.05) is 42.5 Å². The zero-order chi connectivity index (χ0) is 17.8. The Bertz CT molecular complexity index is 843. The first-order chi connectivity index (χ1) is 12.8. The smallest absolute Gasteiger partial charge is 0.221 e. The van der Waals surface area contributed by atoms with E-state index >= 15 is 0 Å². The zero-order valence-electron chi connectivity index (χ0n) is 14.6. The molecule has 1 aromatic heterocycles. The maximum Gasteiger partial charge on any atom is 0.221 e. The van der Waals surface area contributed by atoms with Gasteiger partial charge < -0.3 is 9.88 Å². The van der Waals surface area contributed by atoms with Crippen LogP contribution in [0.4, 0.5) is 0 Å². The average Bonchev–Trinajstić information content (AvgIpc) is 3.15. The first-order valence-corrected chi connectivity index (χ1v) is 8.92. The average molecular weight is 346 g/mol. The molecular weight excluding hydrogens is 324 g/mol. The Morgan fingerprint density at radius 1 is 1.08 bits per heavy atom. The molecule has 2 heterocycles. The highest BCUT2D eigenvalue weighted by atomic mass is 16.1. The Morgan fingerprint density at radius 2 is 1.88 bits per heavy atom. The quantitative estimate of drug-likeness (QED) is 0.790. The number of aromatic nitrogens is 2. The maximum atomic E-state index is 12.1. The van der Waals surface area contributed by atoms with Crippen LogP contribution in [-0.2, 0) is 11.3 Å². The molecule has 1 fully saturated rings. The molecule has 26 heavy (non-hydrogen) atoms. The van der Waals surface area contributed by atoms with E-state index in [0.29, 0.717) is 13.0 Å². The summed E-state index contributed by atoms with van der Waals surface area (Å²) in [5.74, 6) is 0.122. The molecule has 3 aromatic rings. The molecule has 132 valence electrons. The minimum Gasteiger partial charge on any atom is -0.355 e. The fourth-order valence-electron chi connectivity index (χ4n) is 3.48. The lowest BCUT2D eigenvalue weighted by Crippen LogP contribution is -2.30. The molecule has 1 aliphatic rings. The van der Waals surface area contributed by atoms with Crippen molar-refractivity contribution in [1.29, 1.82) is 0 Å². The first-order valence-electron chi connectivity index (χ1n) is 8.92. The van der Waals surface area contributed by atoms with E-state index in [9.17, 15) is 4.79 Å². The molecule has 0 bridgehead atoms. The first kappa shape index (κ1) is 16.5. The highest BCUT2D eigenvalue weighted by Gasteiger charge is 2.26. The van der Waals surface area contributed by atoms with Gasteiger partial charge >= 0.3 is 0 Å². The normalized spacial score (nSPS) is 18.3. The van der Waals surface area contributed by atoms with Gasteiger partial charge in [0.2, 0.25) is 5.91 Å². The van der Waals surface area contributed by atoms with Crippen molar-refractivity contribution in [1.82, 2.24) is 19.8 Å². The number of rotatable bonds is 4. The van der Waals surface area contributed by atoms with E-state index in [1.54, 1.807) is 12.5 Å². The van der Waals surface area contributed by atoms with Crippen LogP contribution in [0, 0.1) is 0 Å². The van der Waals surface area contributed by atoms with Crippen LogP contribution >= 0.6 is 0 Å². The molecular formula is C21H22N4O. The Balaban J connectivity index is 1.55. The number of nitrogens with one attached hydrogen (secondary N) is 1. The number of hydrogen-bond acceptors (Lipinski definition) is 3. The van der Waals surface area contributed by atoms with Crippen molar-refractivity contribution in [2.75, 3.05) is 13.1 Å². The van der Waals surface area contributed by atoms with Crippen LogP contribution < -0.4 is 5.32 Å². The predicted octanol–water partition coefficient (Wildman–Crippen LogP) is 2.94. The minimum absolute atomic E-state index is 0.104. The highest BCUT2D eigenvalue weighted by Crippen LogP contribution is 2.27. The third kappa shape index (κ3) is 3.68. The van der Waals surface area contributed by atoms with Gasteiger partial charge in [-0.25, -0.2) is 4.98 Å². The second-order valence-corrected chi connectivity index (χ2v) is 6.59. The second kappa shape index (κ2) is 7.54. The lowest BCUT2D eigenvalue weighted by atomic mass is 10.0. The van der Waals surface area contributed by atoms with Crippen molar-refractivity contribution in [2.24, 2.45) is 0 Å². The largest absolute Gasteiger partial charge is 0.355 e. The number of nitrogens with zero attached hydrogens (tertiary/aromatic N) is 3. The topological polar surface area (TPSA) is 50.2 Å². The van der Waals surface area contributed by atoms with Gasteiger partial charge in [0, 0.05) is 50.2 Å². The van der Waals surface area contributed by atoms with Gasteiger partial charge in [-0.15, -0.1) is 0 Å². The zero-order valence-corrected chi connectivity index (χ0v) is 14.6.